The van der Waals surface area contributed by atoms with E-state index in [1.807, 2.05) is 7.05 Å². The van der Waals surface area contributed by atoms with Crippen molar-refractivity contribution in [2.24, 2.45) is 5.92 Å². The van der Waals surface area contributed by atoms with Crippen LogP contribution in [0.2, 0.25) is 0 Å². The van der Waals surface area contributed by atoms with E-state index in [0.29, 0.717) is 0 Å². The maximum Gasteiger partial charge on any atom is 0.180 e. The van der Waals surface area contributed by atoms with Crippen molar-refractivity contribution in [2.45, 2.75) is 19.4 Å². The summed E-state index contributed by atoms with van der Waals surface area (Å²) in [5.74, 6) is 0.788. The molecule has 16 heavy (non-hydrogen) atoms. The van der Waals surface area contributed by atoms with Crippen LogP contribution in [0.1, 0.15) is 18.5 Å². The summed E-state index contributed by atoms with van der Waals surface area (Å²) in [5, 5.41) is 3.26. The van der Waals surface area contributed by atoms with E-state index in [9.17, 15) is 0 Å². The van der Waals surface area contributed by atoms with Crippen LogP contribution in [0.5, 0.6) is 0 Å². The van der Waals surface area contributed by atoms with Gasteiger partial charge in [-0.15, -0.1) is 12.4 Å². The van der Waals surface area contributed by atoms with Crippen LogP contribution in [0.4, 0.5) is 0 Å². The summed E-state index contributed by atoms with van der Waals surface area (Å²) in [6, 6.07) is 0. The van der Waals surface area contributed by atoms with E-state index in [1.54, 1.807) is 6.26 Å². The summed E-state index contributed by atoms with van der Waals surface area (Å²) in [6.07, 6.45) is 5.88. The van der Waals surface area contributed by atoms with Crippen molar-refractivity contribution in [3.8, 4) is 0 Å². The predicted molar refractivity (Wildman–Crippen MR) is 65.7 cm³/mol. The van der Waals surface area contributed by atoms with Gasteiger partial charge in [-0.3, -0.25) is 4.90 Å². The SMILES string of the molecule is CNCC1CCCN(Cc2cocn2)C1.Cl. The fraction of sp³-hybridized carbons (Fsp3) is 0.727. The molecule has 1 saturated heterocycles. The van der Waals surface area contributed by atoms with Crippen molar-refractivity contribution in [3.63, 3.8) is 0 Å². The zero-order chi connectivity index (χ0) is 10.5. The molecule has 1 aromatic rings. The first-order valence-electron chi connectivity index (χ1n) is 5.62. The van der Waals surface area contributed by atoms with Crippen molar-refractivity contribution in [1.29, 1.82) is 0 Å². The van der Waals surface area contributed by atoms with Crippen LogP contribution in [-0.4, -0.2) is 36.6 Å². The van der Waals surface area contributed by atoms with Crippen LogP contribution in [0.3, 0.4) is 0 Å². The maximum atomic E-state index is 4.98. The second-order valence-electron chi connectivity index (χ2n) is 4.28. The highest BCUT2D eigenvalue weighted by atomic mass is 35.5. The Bertz CT molecular complexity index is 277. The lowest BCUT2D eigenvalue weighted by Gasteiger charge is -2.31. The van der Waals surface area contributed by atoms with Crippen molar-refractivity contribution in [3.05, 3.63) is 18.4 Å². The highest BCUT2D eigenvalue weighted by molar-refractivity contribution is 5.85. The maximum absolute atomic E-state index is 4.98. The number of rotatable bonds is 4. The average molecular weight is 246 g/mol. The van der Waals surface area contributed by atoms with Crippen LogP contribution in [-0.2, 0) is 6.54 Å². The largest absolute Gasteiger partial charge is 0.451 e. The summed E-state index contributed by atoms with van der Waals surface area (Å²) in [7, 11) is 2.02. The normalized spacial score (nSPS) is 21.7. The number of likely N-dealkylation sites (tertiary alicyclic amines) is 1. The van der Waals surface area contributed by atoms with Crippen LogP contribution in [0, 0.1) is 5.92 Å². The Balaban J connectivity index is 0.00000128. The van der Waals surface area contributed by atoms with Gasteiger partial charge in [0.2, 0.25) is 0 Å². The van der Waals surface area contributed by atoms with Crippen molar-refractivity contribution >= 4 is 12.4 Å². The number of nitrogens with zero attached hydrogens (tertiary/aromatic N) is 2. The Hall–Kier alpha value is -0.580. The van der Waals surface area contributed by atoms with E-state index in [4.69, 9.17) is 4.42 Å². The zero-order valence-corrected chi connectivity index (χ0v) is 10.5. The Morgan fingerprint density at radius 2 is 2.50 bits per heavy atom. The molecule has 4 nitrogen and oxygen atoms in total. The highest BCUT2D eigenvalue weighted by Gasteiger charge is 2.19. The van der Waals surface area contributed by atoms with Crippen LogP contribution >= 0.6 is 12.4 Å². The van der Waals surface area contributed by atoms with E-state index in [2.05, 4.69) is 15.2 Å². The third-order valence-electron chi connectivity index (χ3n) is 2.96. The first-order chi connectivity index (χ1) is 7.38. The lowest BCUT2D eigenvalue weighted by atomic mass is 9.98. The van der Waals surface area contributed by atoms with Crippen LogP contribution in [0.25, 0.3) is 0 Å². The van der Waals surface area contributed by atoms with Gasteiger partial charge in [-0.25, -0.2) is 4.98 Å². The molecule has 1 N–H and O–H groups in total. The number of oxazole rings is 1. The monoisotopic (exact) mass is 245 g/mol. The molecule has 0 radical (unpaired) electrons. The van der Waals surface area contributed by atoms with Crippen molar-refractivity contribution in [1.82, 2.24) is 15.2 Å². The molecular formula is C11H20ClN3O. The minimum atomic E-state index is 0. The molecule has 2 heterocycles. The fourth-order valence-corrected chi connectivity index (χ4v) is 2.29. The molecule has 0 aromatic carbocycles. The first kappa shape index (κ1) is 13.5. The molecule has 0 spiro atoms. The number of halogens is 1. The van der Waals surface area contributed by atoms with Gasteiger partial charge in [0, 0.05) is 13.1 Å². The van der Waals surface area contributed by atoms with Gasteiger partial charge in [0.05, 0.1) is 5.69 Å². The molecule has 0 bridgehead atoms. The van der Waals surface area contributed by atoms with Gasteiger partial charge in [0.15, 0.2) is 6.39 Å². The second kappa shape index (κ2) is 6.89. The zero-order valence-electron chi connectivity index (χ0n) is 9.69. The Morgan fingerprint density at radius 1 is 1.62 bits per heavy atom. The smallest absolute Gasteiger partial charge is 0.180 e. The molecule has 1 aromatic heterocycles. The third kappa shape index (κ3) is 3.77. The summed E-state index contributed by atoms with van der Waals surface area (Å²) in [6.45, 7) is 4.41. The minimum Gasteiger partial charge on any atom is -0.451 e. The summed E-state index contributed by atoms with van der Waals surface area (Å²) in [4.78, 5) is 6.62. The minimum absolute atomic E-state index is 0. The molecule has 2 rings (SSSR count). The first-order valence-corrected chi connectivity index (χ1v) is 5.62. The topological polar surface area (TPSA) is 41.3 Å². The third-order valence-corrected chi connectivity index (χ3v) is 2.96. The standard InChI is InChI=1S/C11H19N3O.ClH/c1-12-5-10-3-2-4-14(6-10)7-11-8-15-9-13-11;/h8-10,12H,2-7H2,1H3;1H. The van der Waals surface area contributed by atoms with Crippen molar-refractivity contribution < 1.29 is 4.42 Å². The number of hydrogen-bond donors (Lipinski definition) is 1. The molecule has 1 atom stereocenters. The van der Waals surface area contributed by atoms with Gasteiger partial charge in [0.25, 0.3) is 0 Å². The molecule has 1 unspecified atom stereocenters. The van der Waals surface area contributed by atoms with Gasteiger partial charge in [-0.05, 0) is 38.9 Å². The molecule has 1 aliphatic rings. The molecule has 1 fully saturated rings. The molecule has 0 saturated carbocycles. The Morgan fingerprint density at radius 3 is 3.19 bits per heavy atom. The van der Waals surface area contributed by atoms with Crippen molar-refractivity contribution in [2.75, 3.05) is 26.7 Å². The lowest BCUT2D eigenvalue weighted by Crippen LogP contribution is -2.38. The van der Waals surface area contributed by atoms with Crippen LogP contribution < -0.4 is 5.32 Å². The Kier molecular flexibility index (Phi) is 5.80. The number of aromatic nitrogens is 1. The van der Waals surface area contributed by atoms with E-state index in [1.165, 1.54) is 32.3 Å². The number of hydrogen-bond acceptors (Lipinski definition) is 4. The van der Waals surface area contributed by atoms with E-state index in [0.717, 1.165) is 24.7 Å². The molecular weight excluding hydrogens is 226 g/mol. The lowest BCUT2D eigenvalue weighted by molar-refractivity contribution is 0.165. The molecule has 1 aliphatic heterocycles. The van der Waals surface area contributed by atoms with Crippen LogP contribution in [0.15, 0.2) is 17.1 Å². The summed E-state index contributed by atoms with van der Waals surface area (Å²) in [5.41, 5.74) is 1.04. The molecule has 5 heteroatoms. The van der Waals surface area contributed by atoms with E-state index in [-0.39, 0.29) is 12.4 Å². The van der Waals surface area contributed by atoms with Gasteiger partial charge in [-0.2, -0.15) is 0 Å². The van der Waals surface area contributed by atoms with Gasteiger partial charge < -0.3 is 9.73 Å². The quantitative estimate of drug-likeness (QED) is 0.874. The molecule has 0 amide bonds. The Labute approximate surface area is 103 Å². The molecule has 92 valence electrons. The van der Waals surface area contributed by atoms with Gasteiger partial charge in [-0.1, -0.05) is 0 Å². The van der Waals surface area contributed by atoms with Gasteiger partial charge >= 0.3 is 0 Å². The van der Waals surface area contributed by atoms with E-state index < -0.39 is 0 Å². The predicted octanol–water partition coefficient (Wildman–Crippen LogP) is 1.53. The average Bonchev–Trinajstić information content (AvgIpc) is 2.71. The number of nitrogens with one attached hydrogen (secondary N) is 1. The molecule has 0 aliphatic carbocycles. The summed E-state index contributed by atoms with van der Waals surface area (Å²) < 4.78 is 4.98. The number of piperidine rings is 1. The second-order valence-corrected chi connectivity index (χ2v) is 4.28. The highest BCUT2D eigenvalue weighted by Crippen LogP contribution is 2.17. The van der Waals surface area contributed by atoms with E-state index >= 15 is 0 Å². The fourth-order valence-electron chi connectivity index (χ4n) is 2.29. The van der Waals surface area contributed by atoms with Gasteiger partial charge in [0.1, 0.15) is 6.26 Å². The summed E-state index contributed by atoms with van der Waals surface area (Å²) >= 11 is 0.